The number of benzene rings is 2. The number of allylic oxidation sites excluding steroid dienone is 2. The number of fused-ring (bicyclic) bond motifs is 2. The van der Waals surface area contributed by atoms with E-state index in [1.807, 2.05) is 52.9 Å². The number of carboxylic acid groups (broad SMARTS) is 1. The lowest BCUT2D eigenvalue weighted by Crippen LogP contribution is -2.29. The molecule has 8 heteroatoms. The molecule has 0 aliphatic carbocycles. The third-order valence-electron chi connectivity index (χ3n) is 5.32. The number of rotatable bonds is 7. The molecule has 1 N–H and O–H groups in total. The van der Waals surface area contributed by atoms with Crippen molar-refractivity contribution in [2.24, 2.45) is 7.05 Å². The molecule has 0 amide bonds. The highest BCUT2D eigenvalue weighted by Crippen LogP contribution is 2.41. The highest BCUT2D eigenvalue weighted by Gasteiger charge is 2.27. The third kappa shape index (κ3) is 4.61. The lowest BCUT2D eigenvalue weighted by molar-refractivity contribution is -0.652. The molecule has 2 heterocycles. The van der Waals surface area contributed by atoms with Gasteiger partial charge in [-0.25, -0.2) is 0 Å². The zero-order valence-electron chi connectivity index (χ0n) is 17.8. The van der Waals surface area contributed by atoms with Crippen LogP contribution in [0.3, 0.4) is 0 Å². The van der Waals surface area contributed by atoms with Crippen LogP contribution in [0.25, 0.3) is 17.2 Å². The predicted molar refractivity (Wildman–Crippen MR) is 125 cm³/mol. The van der Waals surface area contributed by atoms with E-state index in [1.165, 1.54) is 0 Å². The lowest BCUT2D eigenvalue weighted by Gasteiger charge is -2.18. The standard InChI is InChI=1S/C24H22Cl2N2O4/c1-3-15(11-22-27(2)18-13-16(25)6-8-20(18)31-22)12-23-28(10-4-5-24(29)30)19-14-17(26)7-9-21(19)32-23/h6-9,11-14H,3-5,10H2,1-2H3/p+1. The summed E-state index contributed by atoms with van der Waals surface area (Å²) >= 11 is 12.3. The molecule has 0 saturated heterocycles. The van der Waals surface area contributed by atoms with Crippen molar-refractivity contribution in [2.75, 3.05) is 11.4 Å². The van der Waals surface area contributed by atoms with Crippen molar-refractivity contribution in [1.29, 1.82) is 0 Å². The van der Waals surface area contributed by atoms with E-state index in [9.17, 15) is 4.79 Å². The second-order valence-corrected chi connectivity index (χ2v) is 8.40. The molecule has 32 heavy (non-hydrogen) atoms. The molecule has 0 unspecified atom stereocenters. The Kier molecular flexibility index (Phi) is 6.44. The molecule has 0 saturated carbocycles. The summed E-state index contributed by atoms with van der Waals surface area (Å²) in [6.07, 6.45) is 5.22. The molecule has 1 aliphatic rings. The van der Waals surface area contributed by atoms with Crippen LogP contribution < -0.4 is 14.2 Å². The monoisotopic (exact) mass is 473 g/mol. The molecule has 0 radical (unpaired) electrons. The number of aromatic nitrogens is 1. The average Bonchev–Trinajstić information content (AvgIpc) is 3.24. The van der Waals surface area contributed by atoms with Gasteiger partial charge in [-0.15, -0.1) is 0 Å². The Bertz CT molecular complexity index is 1250. The number of hydrogen-bond donors (Lipinski definition) is 1. The zero-order valence-corrected chi connectivity index (χ0v) is 19.3. The molecule has 6 nitrogen and oxygen atoms in total. The van der Waals surface area contributed by atoms with E-state index in [-0.39, 0.29) is 6.42 Å². The number of hydrogen-bond acceptors (Lipinski definition) is 4. The fraction of sp³-hybridized carbons (Fsp3) is 0.250. The number of halogens is 2. The molecule has 0 atom stereocenters. The number of carbonyl (C=O) groups is 1. The maximum Gasteiger partial charge on any atom is 0.374 e. The molecule has 1 aliphatic heterocycles. The number of aliphatic carboxylic acids is 1. The van der Waals surface area contributed by atoms with Crippen LogP contribution in [0.4, 0.5) is 5.69 Å². The minimum Gasteiger partial charge on any atom is -0.481 e. The Labute approximate surface area is 195 Å². The van der Waals surface area contributed by atoms with E-state index in [4.69, 9.17) is 37.5 Å². The van der Waals surface area contributed by atoms with Crippen molar-refractivity contribution in [2.45, 2.75) is 26.2 Å². The van der Waals surface area contributed by atoms with E-state index >= 15 is 0 Å². The van der Waals surface area contributed by atoms with Crippen molar-refractivity contribution >= 4 is 52.0 Å². The Morgan fingerprint density at radius 2 is 1.94 bits per heavy atom. The molecule has 0 bridgehead atoms. The van der Waals surface area contributed by atoms with Gasteiger partial charge in [0.05, 0.1) is 11.8 Å². The van der Waals surface area contributed by atoms with Crippen molar-refractivity contribution < 1.29 is 23.6 Å². The maximum atomic E-state index is 11.0. The van der Waals surface area contributed by atoms with E-state index in [0.29, 0.717) is 40.5 Å². The Hall–Kier alpha value is -2.96. The SMILES string of the molecule is CCC(=Cc1oc2ccc(Cl)cc2[n+]1C)C=C1Oc2ccc(Cl)cc2N1CCCC(=O)O. The Morgan fingerprint density at radius 1 is 1.19 bits per heavy atom. The van der Waals surface area contributed by atoms with Crippen molar-refractivity contribution in [3.8, 4) is 5.75 Å². The van der Waals surface area contributed by atoms with Gasteiger partial charge in [0.25, 0.3) is 5.52 Å². The summed E-state index contributed by atoms with van der Waals surface area (Å²) in [5, 5.41) is 10.3. The number of aryl methyl sites for hydroxylation is 1. The highest BCUT2D eigenvalue weighted by atomic mass is 35.5. The summed E-state index contributed by atoms with van der Waals surface area (Å²) in [5.74, 6) is 1.18. The molecule has 0 spiro atoms. The van der Waals surface area contributed by atoms with Crippen LogP contribution in [0.5, 0.6) is 5.75 Å². The number of carboxylic acids is 1. The maximum absolute atomic E-state index is 11.0. The van der Waals surface area contributed by atoms with Gasteiger partial charge >= 0.3 is 11.9 Å². The normalized spacial score (nSPS) is 14.8. The van der Waals surface area contributed by atoms with Crippen LogP contribution in [-0.2, 0) is 11.8 Å². The first-order valence-electron chi connectivity index (χ1n) is 10.3. The lowest BCUT2D eigenvalue weighted by atomic mass is 10.1. The van der Waals surface area contributed by atoms with E-state index in [0.717, 1.165) is 28.8 Å². The molecular weight excluding hydrogens is 451 g/mol. The molecule has 2 aromatic carbocycles. The van der Waals surface area contributed by atoms with Crippen LogP contribution >= 0.6 is 23.2 Å². The van der Waals surface area contributed by atoms with Crippen LogP contribution in [0.15, 0.2) is 58.3 Å². The van der Waals surface area contributed by atoms with Crippen molar-refractivity contribution in [3.63, 3.8) is 0 Å². The smallest absolute Gasteiger partial charge is 0.374 e. The van der Waals surface area contributed by atoms with Gasteiger partial charge in [0.1, 0.15) is 7.05 Å². The van der Waals surface area contributed by atoms with Gasteiger partial charge in [0.15, 0.2) is 5.75 Å². The molecule has 4 rings (SSSR count). The van der Waals surface area contributed by atoms with Gasteiger partial charge in [-0.1, -0.05) is 30.1 Å². The van der Waals surface area contributed by atoms with Gasteiger partial charge in [0.2, 0.25) is 11.5 Å². The minimum absolute atomic E-state index is 0.0769. The fourth-order valence-electron chi connectivity index (χ4n) is 3.63. The first kappa shape index (κ1) is 22.2. The van der Waals surface area contributed by atoms with Crippen LogP contribution in [0.2, 0.25) is 10.0 Å². The summed E-state index contributed by atoms with van der Waals surface area (Å²) in [6, 6.07) is 10.9. The fourth-order valence-corrected chi connectivity index (χ4v) is 3.96. The van der Waals surface area contributed by atoms with E-state index in [1.54, 1.807) is 12.1 Å². The number of anilines is 1. The molecule has 166 valence electrons. The van der Waals surface area contributed by atoms with Crippen molar-refractivity contribution in [3.05, 3.63) is 69.9 Å². The second kappa shape index (κ2) is 9.27. The number of nitrogens with zero attached hydrogens (tertiary/aromatic N) is 2. The first-order chi connectivity index (χ1) is 15.4. The Morgan fingerprint density at radius 3 is 2.69 bits per heavy atom. The number of ether oxygens (including phenoxy) is 1. The first-order valence-corrected chi connectivity index (χ1v) is 11.1. The Balaban J connectivity index is 1.69. The minimum atomic E-state index is -0.825. The zero-order chi connectivity index (χ0) is 22.8. The van der Waals surface area contributed by atoms with Crippen molar-refractivity contribution in [1.82, 2.24) is 0 Å². The topological polar surface area (TPSA) is 66.8 Å². The second-order valence-electron chi connectivity index (χ2n) is 7.53. The largest absolute Gasteiger partial charge is 0.481 e. The summed E-state index contributed by atoms with van der Waals surface area (Å²) < 4.78 is 14.0. The number of oxazole rings is 1. The predicted octanol–water partition coefficient (Wildman–Crippen LogP) is 5.96. The highest BCUT2D eigenvalue weighted by molar-refractivity contribution is 6.31. The summed E-state index contributed by atoms with van der Waals surface area (Å²) in [6.45, 7) is 2.55. The summed E-state index contributed by atoms with van der Waals surface area (Å²) in [4.78, 5) is 13.0. The van der Waals surface area contributed by atoms with Gasteiger partial charge in [-0.2, -0.15) is 4.57 Å². The van der Waals surface area contributed by atoms with Gasteiger partial charge in [-0.05, 0) is 48.7 Å². The van der Waals surface area contributed by atoms with Gasteiger partial charge in [-0.3, -0.25) is 4.79 Å². The molecular formula is C24H23Cl2N2O4+. The van der Waals surface area contributed by atoms with E-state index in [2.05, 4.69) is 6.92 Å². The quantitative estimate of drug-likeness (QED) is 0.428. The molecule has 3 aromatic rings. The summed E-state index contributed by atoms with van der Waals surface area (Å²) in [5.41, 5.74) is 3.47. The molecule has 0 fully saturated rings. The van der Waals surface area contributed by atoms with Gasteiger partial charge < -0.3 is 19.2 Å². The van der Waals surface area contributed by atoms with Gasteiger partial charge in [0, 0.05) is 35.2 Å². The molecule has 1 aromatic heterocycles. The van der Waals surface area contributed by atoms with Crippen LogP contribution in [0.1, 0.15) is 32.1 Å². The van der Waals surface area contributed by atoms with Crippen LogP contribution in [0, 0.1) is 0 Å². The van der Waals surface area contributed by atoms with Crippen LogP contribution in [-0.4, -0.2) is 17.6 Å². The summed E-state index contributed by atoms with van der Waals surface area (Å²) in [7, 11) is 1.93. The third-order valence-corrected chi connectivity index (χ3v) is 5.79. The van der Waals surface area contributed by atoms with E-state index < -0.39 is 5.97 Å². The average molecular weight is 474 g/mol.